The van der Waals surface area contributed by atoms with Crippen LogP contribution in [0.15, 0.2) is 24.3 Å². The molecule has 0 spiro atoms. The van der Waals surface area contributed by atoms with E-state index < -0.39 is 23.8 Å². The molecular formula is C15H20F3NO2. The van der Waals surface area contributed by atoms with E-state index in [1.807, 2.05) is 0 Å². The summed E-state index contributed by atoms with van der Waals surface area (Å²) in [6, 6.07) is 4.33. The van der Waals surface area contributed by atoms with Crippen molar-refractivity contribution in [2.45, 2.75) is 51.9 Å². The first kappa shape index (κ1) is 17.3. The number of hydrogen-bond donors (Lipinski definition) is 1. The number of hydrogen-bond acceptors (Lipinski definition) is 3. The van der Waals surface area contributed by atoms with Crippen molar-refractivity contribution in [1.29, 1.82) is 0 Å². The summed E-state index contributed by atoms with van der Waals surface area (Å²) in [5, 5.41) is 2.38. The van der Waals surface area contributed by atoms with E-state index in [4.69, 9.17) is 4.74 Å². The van der Waals surface area contributed by atoms with E-state index in [2.05, 4.69) is 5.32 Å². The van der Waals surface area contributed by atoms with Crippen molar-refractivity contribution in [3.8, 4) is 0 Å². The molecule has 1 unspecified atom stereocenters. The molecule has 0 amide bonds. The molecule has 1 rings (SSSR count). The molecule has 21 heavy (non-hydrogen) atoms. The fourth-order valence-corrected chi connectivity index (χ4v) is 1.72. The Balaban J connectivity index is 3.02. The zero-order valence-corrected chi connectivity index (χ0v) is 12.5. The third kappa shape index (κ3) is 5.28. The molecular weight excluding hydrogens is 283 g/mol. The van der Waals surface area contributed by atoms with E-state index in [9.17, 15) is 18.0 Å². The number of ether oxygens (including phenoxy) is 1. The molecule has 3 nitrogen and oxygen atoms in total. The number of carbonyl (C=O) groups excluding carboxylic acids is 1. The van der Waals surface area contributed by atoms with Crippen LogP contribution in [0.2, 0.25) is 0 Å². The minimum Gasteiger partial charge on any atom is -0.456 e. The second-order valence-corrected chi connectivity index (χ2v) is 5.69. The lowest BCUT2D eigenvalue weighted by molar-refractivity contribution is -0.142. The van der Waals surface area contributed by atoms with Crippen LogP contribution in [0.5, 0.6) is 0 Å². The SMILES string of the molecule is CCC(Nc1ccccc1C(=O)OC(C)(C)C)C(F)(F)F. The third-order valence-electron chi connectivity index (χ3n) is 2.68. The lowest BCUT2D eigenvalue weighted by Gasteiger charge is -2.24. The van der Waals surface area contributed by atoms with Gasteiger partial charge in [0.2, 0.25) is 0 Å². The Labute approximate surface area is 122 Å². The summed E-state index contributed by atoms with van der Waals surface area (Å²) in [6.45, 7) is 6.53. The molecule has 0 heterocycles. The van der Waals surface area contributed by atoms with Gasteiger partial charge in [0.05, 0.1) is 5.56 Å². The maximum atomic E-state index is 12.8. The quantitative estimate of drug-likeness (QED) is 0.838. The number of nitrogens with one attached hydrogen (secondary N) is 1. The van der Waals surface area contributed by atoms with E-state index in [0.717, 1.165) is 0 Å². The van der Waals surface area contributed by atoms with Gasteiger partial charge in [-0.3, -0.25) is 0 Å². The number of rotatable bonds is 4. The predicted molar refractivity (Wildman–Crippen MR) is 75.4 cm³/mol. The number of carbonyl (C=O) groups is 1. The minimum absolute atomic E-state index is 0.0927. The van der Waals surface area contributed by atoms with Crippen molar-refractivity contribution in [2.24, 2.45) is 0 Å². The van der Waals surface area contributed by atoms with E-state index in [1.54, 1.807) is 32.9 Å². The predicted octanol–water partition coefficient (Wildman–Crippen LogP) is 4.39. The van der Waals surface area contributed by atoms with Gasteiger partial charge in [-0.2, -0.15) is 13.2 Å². The van der Waals surface area contributed by atoms with Crippen molar-refractivity contribution in [2.75, 3.05) is 5.32 Å². The smallest absolute Gasteiger partial charge is 0.408 e. The zero-order valence-electron chi connectivity index (χ0n) is 12.5. The van der Waals surface area contributed by atoms with Gasteiger partial charge in [-0.25, -0.2) is 4.79 Å². The second-order valence-electron chi connectivity index (χ2n) is 5.69. The van der Waals surface area contributed by atoms with Crippen LogP contribution in [0.3, 0.4) is 0 Å². The van der Waals surface area contributed by atoms with Crippen molar-refractivity contribution >= 4 is 11.7 Å². The van der Waals surface area contributed by atoms with Crippen LogP contribution in [0, 0.1) is 0 Å². The second kappa shape index (κ2) is 6.37. The average molecular weight is 303 g/mol. The molecule has 1 N–H and O–H groups in total. The van der Waals surface area contributed by atoms with Gasteiger partial charge in [0.1, 0.15) is 11.6 Å². The number of benzene rings is 1. The lowest BCUT2D eigenvalue weighted by Crippen LogP contribution is -2.36. The van der Waals surface area contributed by atoms with Gasteiger partial charge in [0.15, 0.2) is 0 Å². The van der Waals surface area contributed by atoms with Gasteiger partial charge in [-0.15, -0.1) is 0 Å². The first-order valence-electron chi connectivity index (χ1n) is 6.70. The van der Waals surface area contributed by atoms with Crippen LogP contribution in [0.25, 0.3) is 0 Å². The molecule has 0 bridgehead atoms. The number of halogens is 3. The molecule has 1 aromatic rings. The zero-order chi connectivity index (χ0) is 16.3. The summed E-state index contributed by atoms with van der Waals surface area (Å²) in [6.07, 6.45) is -4.51. The molecule has 118 valence electrons. The van der Waals surface area contributed by atoms with E-state index >= 15 is 0 Å². The minimum atomic E-state index is -4.38. The van der Waals surface area contributed by atoms with Crippen molar-refractivity contribution in [3.05, 3.63) is 29.8 Å². The molecule has 1 aromatic carbocycles. The highest BCUT2D eigenvalue weighted by Crippen LogP contribution is 2.28. The van der Waals surface area contributed by atoms with E-state index in [1.165, 1.54) is 19.1 Å². The van der Waals surface area contributed by atoms with Gasteiger partial charge in [-0.1, -0.05) is 19.1 Å². The summed E-state index contributed by atoms with van der Waals surface area (Å²) < 4.78 is 43.7. The van der Waals surface area contributed by atoms with Gasteiger partial charge in [0.25, 0.3) is 0 Å². The van der Waals surface area contributed by atoms with Crippen molar-refractivity contribution < 1.29 is 22.7 Å². The van der Waals surface area contributed by atoms with Gasteiger partial charge in [0, 0.05) is 5.69 Å². The Morgan fingerprint density at radius 1 is 1.24 bits per heavy atom. The maximum absolute atomic E-state index is 12.8. The highest BCUT2D eigenvalue weighted by Gasteiger charge is 2.38. The fourth-order valence-electron chi connectivity index (χ4n) is 1.72. The van der Waals surface area contributed by atoms with Crippen molar-refractivity contribution in [3.63, 3.8) is 0 Å². The molecule has 0 saturated carbocycles. The maximum Gasteiger partial charge on any atom is 0.408 e. The van der Waals surface area contributed by atoms with Crippen LogP contribution < -0.4 is 5.32 Å². The Kier molecular flexibility index (Phi) is 5.25. The lowest BCUT2D eigenvalue weighted by atomic mass is 10.1. The average Bonchev–Trinajstić information content (AvgIpc) is 2.32. The van der Waals surface area contributed by atoms with Crippen LogP contribution >= 0.6 is 0 Å². The third-order valence-corrected chi connectivity index (χ3v) is 2.68. The van der Waals surface area contributed by atoms with Crippen LogP contribution in [-0.2, 0) is 4.74 Å². The summed E-state index contributed by atoms with van der Waals surface area (Å²) in [5.41, 5.74) is -0.496. The molecule has 0 aromatic heterocycles. The first-order chi connectivity index (χ1) is 9.54. The largest absolute Gasteiger partial charge is 0.456 e. The molecule has 1 atom stereocenters. The van der Waals surface area contributed by atoms with Crippen LogP contribution in [0.1, 0.15) is 44.5 Å². The van der Waals surface area contributed by atoms with Crippen LogP contribution in [-0.4, -0.2) is 23.8 Å². The van der Waals surface area contributed by atoms with Gasteiger partial charge >= 0.3 is 12.1 Å². The molecule has 0 fully saturated rings. The van der Waals surface area contributed by atoms with E-state index in [-0.39, 0.29) is 17.7 Å². The Morgan fingerprint density at radius 3 is 2.29 bits per heavy atom. The molecule has 6 heteroatoms. The van der Waals surface area contributed by atoms with Gasteiger partial charge in [-0.05, 0) is 39.3 Å². The molecule has 0 radical (unpaired) electrons. The van der Waals surface area contributed by atoms with E-state index in [0.29, 0.717) is 0 Å². The molecule has 0 aliphatic carbocycles. The Hall–Kier alpha value is -1.72. The van der Waals surface area contributed by atoms with Gasteiger partial charge < -0.3 is 10.1 Å². The first-order valence-corrected chi connectivity index (χ1v) is 6.70. The summed E-state index contributed by atoms with van der Waals surface area (Å²) in [7, 11) is 0. The number of esters is 1. The standard InChI is InChI=1S/C15H20F3NO2/c1-5-12(15(16,17)18)19-11-9-7-6-8-10(11)13(20)21-14(2,3)4/h6-9,12,19H,5H2,1-4H3. The topological polar surface area (TPSA) is 38.3 Å². The summed E-state index contributed by atoms with van der Waals surface area (Å²) >= 11 is 0. The monoisotopic (exact) mass is 303 g/mol. The number of anilines is 1. The Bertz CT molecular complexity index is 492. The normalized spacial score (nSPS) is 13.7. The Morgan fingerprint density at radius 2 is 1.81 bits per heavy atom. The van der Waals surface area contributed by atoms with Crippen molar-refractivity contribution in [1.82, 2.24) is 0 Å². The highest BCUT2D eigenvalue weighted by molar-refractivity contribution is 5.95. The van der Waals surface area contributed by atoms with Crippen LogP contribution in [0.4, 0.5) is 18.9 Å². The summed E-state index contributed by atoms with van der Waals surface area (Å²) in [5.74, 6) is -0.650. The molecule has 0 aliphatic heterocycles. The molecule has 0 aliphatic rings. The fraction of sp³-hybridized carbons (Fsp3) is 0.533. The summed E-state index contributed by atoms with van der Waals surface area (Å²) in [4.78, 5) is 12.1. The highest BCUT2D eigenvalue weighted by atomic mass is 19.4. The number of alkyl halides is 3. The molecule has 0 saturated heterocycles. The number of para-hydroxylation sites is 1.